The number of nitro groups is 1. The third-order valence-electron chi connectivity index (χ3n) is 3.82. The molecule has 0 radical (unpaired) electrons. The zero-order valence-electron chi connectivity index (χ0n) is 15.0. The van der Waals surface area contributed by atoms with Gasteiger partial charge in [-0.1, -0.05) is 35.9 Å². The van der Waals surface area contributed by atoms with Gasteiger partial charge in [0.15, 0.2) is 0 Å². The lowest BCUT2D eigenvalue weighted by molar-refractivity contribution is -0.385. The van der Waals surface area contributed by atoms with Crippen LogP contribution in [0.2, 0.25) is 0 Å². The maximum Gasteiger partial charge on any atom is 0.343 e. The summed E-state index contributed by atoms with van der Waals surface area (Å²) < 4.78 is 5.24. The number of esters is 1. The van der Waals surface area contributed by atoms with Crippen LogP contribution in [0.25, 0.3) is 0 Å². The fraction of sp³-hybridized carbons (Fsp3) is 0.0476. The van der Waals surface area contributed by atoms with Gasteiger partial charge in [0, 0.05) is 11.6 Å². The Balaban J connectivity index is 1.77. The van der Waals surface area contributed by atoms with E-state index in [0.29, 0.717) is 11.1 Å². The first-order valence-corrected chi connectivity index (χ1v) is 8.44. The highest BCUT2D eigenvalue weighted by molar-refractivity contribution is 5.92. The number of rotatable bonds is 6. The summed E-state index contributed by atoms with van der Waals surface area (Å²) in [6, 6.07) is 20.4. The van der Waals surface area contributed by atoms with Crippen molar-refractivity contribution in [3.05, 3.63) is 99.6 Å². The van der Waals surface area contributed by atoms with Gasteiger partial charge < -0.3 is 4.74 Å². The van der Waals surface area contributed by atoms with Gasteiger partial charge in [-0.15, -0.1) is 0 Å². The molecule has 0 spiro atoms. The number of nitrogens with zero attached hydrogens (tertiary/aromatic N) is 2. The highest BCUT2D eigenvalue weighted by Crippen LogP contribution is 2.28. The minimum absolute atomic E-state index is 0.121. The molecule has 0 fully saturated rings. The molecule has 0 amide bonds. The molecule has 3 rings (SSSR count). The molecular formula is C21H17N3O4. The molecule has 1 N–H and O–H groups in total. The normalized spacial score (nSPS) is 10.6. The Bertz CT molecular complexity index is 1030. The molecule has 0 bridgehead atoms. The monoisotopic (exact) mass is 375 g/mol. The van der Waals surface area contributed by atoms with E-state index >= 15 is 0 Å². The Morgan fingerprint density at radius 3 is 2.57 bits per heavy atom. The lowest BCUT2D eigenvalue weighted by atomic mass is 10.1. The predicted molar refractivity (Wildman–Crippen MR) is 107 cm³/mol. The topological polar surface area (TPSA) is 93.8 Å². The van der Waals surface area contributed by atoms with Crippen LogP contribution < -0.4 is 10.2 Å². The van der Waals surface area contributed by atoms with Crippen molar-refractivity contribution in [1.82, 2.24) is 0 Å². The number of carbonyl (C=O) groups excluding carboxylic acids is 1. The Morgan fingerprint density at radius 1 is 1.07 bits per heavy atom. The first-order valence-electron chi connectivity index (χ1n) is 8.44. The Hall–Kier alpha value is -4.00. The SMILES string of the molecule is Cc1cccc(C(=O)Oc2ccc(/C=N\Nc3ccccc3)cc2[N+](=O)[O-])c1. The number of hydrogen-bond acceptors (Lipinski definition) is 6. The standard InChI is InChI=1S/C21H17N3O4/c1-15-6-5-7-17(12-15)21(25)28-20-11-10-16(13-19(20)24(26)27)14-22-23-18-8-3-2-4-9-18/h2-14,23H,1H3/b22-14-. The first-order chi connectivity index (χ1) is 13.5. The fourth-order valence-corrected chi connectivity index (χ4v) is 2.47. The highest BCUT2D eigenvalue weighted by atomic mass is 16.6. The van der Waals surface area contributed by atoms with E-state index in [0.717, 1.165) is 11.3 Å². The fourth-order valence-electron chi connectivity index (χ4n) is 2.47. The number of anilines is 1. The summed E-state index contributed by atoms with van der Waals surface area (Å²) in [5.41, 5.74) is 5.01. The van der Waals surface area contributed by atoms with Crippen molar-refractivity contribution in [1.29, 1.82) is 0 Å². The third-order valence-corrected chi connectivity index (χ3v) is 3.82. The van der Waals surface area contributed by atoms with Crippen molar-refractivity contribution < 1.29 is 14.5 Å². The van der Waals surface area contributed by atoms with Gasteiger partial charge in [0.25, 0.3) is 0 Å². The summed E-state index contributed by atoms with van der Waals surface area (Å²) in [4.78, 5) is 23.1. The molecule has 0 atom stereocenters. The maximum atomic E-state index is 12.3. The van der Waals surface area contributed by atoms with Gasteiger partial charge in [-0.2, -0.15) is 5.10 Å². The summed E-state index contributed by atoms with van der Waals surface area (Å²) in [5, 5.41) is 15.5. The molecule has 0 saturated carbocycles. The van der Waals surface area contributed by atoms with Gasteiger partial charge in [-0.25, -0.2) is 4.79 Å². The van der Waals surface area contributed by atoms with E-state index in [1.54, 1.807) is 24.3 Å². The number of ether oxygens (including phenoxy) is 1. The molecule has 7 nitrogen and oxygen atoms in total. The summed E-state index contributed by atoms with van der Waals surface area (Å²) in [6.07, 6.45) is 1.45. The number of nitro benzene ring substituents is 1. The molecule has 140 valence electrons. The number of benzene rings is 3. The number of hydrogen-bond donors (Lipinski definition) is 1. The largest absolute Gasteiger partial charge is 0.416 e. The molecule has 0 aliphatic heterocycles. The van der Waals surface area contributed by atoms with Crippen molar-refractivity contribution >= 4 is 23.6 Å². The highest BCUT2D eigenvalue weighted by Gasteiger charge is 2.19. The predicted octanol–water partition coefficient (Wildman–Crippen LogP) is 4.57. The third kappa shape index (κ3) is 4.79. The molecule has 0 heterocycles. The summed E-state index contributed by atoms with van der Waals surface area (Å²) in [7, 11) is 0. The van der Waals surface area contributed by atoms with Gasteiger partial charge >= 0.3 is 11.7 Å². The summed E-state index contributed by atoms with van der Waals surface area (Å²) >= 11 is 0. The second-order valence-electron chi connectivity index (χ2n) is 5.98. The van der Waals surface area contributed by atoms with Crippen LogP contribution in [-0.4, -0.2) is 17.1 Å². The molecule has 0 saturated heterocycles. The number of carbonyl (C=O) groups is 1. The number of para-hydroxylation sites is 1. The van der Waals surface area contributed by atoms with Crippen LogP contribution in [0.15, 0.2) is 77.9 Å². The zero-order valence-corrected chi connectivity index (χ0v) is 15.0. The minimum Gasteiger partial charge on any atom is -0.416 e. The first kappa shape index (κ1) is 18.8. The van der Waals surface area contributed by atoms with E-state index in [9.17, 15) is 14.9 Å². The average molecular weight is 375 g/mol. The van der Waals surface area contributed by atoms with E-state index in [2.05, 4.69) is 10.5 Å². The Labute approximate surface area is 161 Å². The van der Waals surface area contributed by atoms with E-state index in [1.165, 1.54) is 18.3 Å². The minimum atomic E-state index is -0.654. The number of nitrogens with one attached hydrogen (secondary N) is 1. The van der Waals surface area contributed by atoms with E-state index in [1.807, 2.05) is 43.3 Å². The van der Waals surface area contributed by atoms with Gasteiger partial charge in [0.1, 0.15) is 0 Å². The van der Waals surface area contributed by atoms with Crippen LogP contribution in [0.3, 0.4) is 0 Å². The zero-order chi connectivity index (χ0) is 19.9. The molecular weight excluding hydrogens is 358 g/mol. The van der Waals surface area contributed by atoms with Crippen molar-refractivity contribution in [3.8, 4) is 5.75 Å². The molecule has 7 heteroatoms. The Kier molecular flexibility index (Phi) is 5.76. The molecule has 3 aromatic rings. The molecule has 0 aliphatic rings. The van der Waals surface area contributed by atoms with Gasteiger partial charge in [0.2, 0.25) is 5.75 Å². The van der Waals surface area contributed by atoms with Crippen molar-refractivity contribution in [3.63, 3.8) is 0 Å². The van der Waals surface area contributed by atoms with E-state index in [-0.39, 0.29) is 11.4 Å². The quantitative estimate of drug-likeness (QED) is 0.224. The van der Waals surface area contributed by atoms with Crippen LogP contribution in [0.1, 0.15) is 21.5 Å². The maximum absolute atomic E-state index is 12.3. The molecule has 0 aliphatic carbocycles. The average Bonchev–Trinajstić information content (AvgIpc) is 2.69. The van der Waals surface area contributed by atoms with Crippen LogP contribution in [-0.2, 0) is 0 Å². The summed E-state index contributed by atoms with van der Waals surface area (Å²) in [6.45, 7) is 1.84. The second kappa shape index (κ2) is 8.59. The lowest BCUT2D eigenvalue weighted by Gasteiger charge is -2.06. The molecule has 28 heavy (non-hydrogen) atoms. The van der Waals surface area contributed by atoms with Crippen LogP contribution in [0, 0.1) is 17.0 Å². The van der Waals surface area contributed by atoms with Crippen LogP contribution in [0.4, 0.5) is 11.4 Å². The Morgan fingerprint density at radius 2 is 1.86 bits per heavy atom. The second-order valence-corrected chi connectivity index (χ2v) is 5.98. The number of aryl methyl sites for hydroxylation is 1. The van der Waals surface area contributed by atoms with E-state index < -0.39 is 10.9 Å². The van der Waals surface area contributed by atoms with Crippen molar-refractivity contribution in [2.45, 2.75) is 6.92 Å². The van der Waals surface area contributed by atoms with Crippen molar-refractivity contribution in [2.24, 2.45) is 5.10 Å². The van der Waals surface area contributed by atoms with E-state index in [4.69, 9.17) is 4.74 Å². The van der Waals surface area contributed by atoms with Gasteiger partial charge in [0.05, 0.1) is 22.4 Å². The van der Waals surface area contributed by atoms with Crippen molar-refractivity contribution in [2.75, 3.05) is 5.43 Å². The molecule has 0 unspecified atom stereocenters. The summed E-state index contributed by atoms with van der Waals surface area (Å²) in [5.74, 6) is -0.774. The van der Waals surface area contributed by atoms with Crippen LogP contribution in [0.5, 0.6) is 5.75 Å². The number of hydrazone groups is 1. The van der Waals surface area contributed by atoms with Gasteiger partial charge in [-0.05, 0) is 43.3 Å². The lowest BCUT2D eigenvalue weighted by Crippen LogP contribution is -2.10. The van der Waals surface area contributed by atoms with Crippen LogP contribution >= 0.6 is 0 Å². The van der Waals surface area contributed by atoms with Gasteiger partial charge in [-0.3, -0.25) is 15.5 Å². The molecule has 3 aromatic carbocycles. The molecule has 0 aromatic heterocycles. The smallest absolute Gasteiger partial charge is 0.343 e.